The fourth-order valence-electron chi connectivity index (χ4n) is 2.13. The molecule has 0 spiro atoms. The first-order valence-electron chi connectivity index (χ1n) is 6.04. The Morgan fingerprint density at radius 2 is 2.20 bits per heavy atom. The zero-order chi connectivity index (χ0) is 14.3. The molecule has 0 aliphatic carbocycles. The maximum Gasteiger partial charge on any atom is 0.289 e. The van der Waals surface area contributed by atoms with E-state index in [1.807, 2.05) is 0 Å². The third-order valence-electron chi connectivity index (χ3n) is 3.34. The Morgan fingerprint density at radius 3 is 2.75 bits per heavy atom. The number of hydrogen-bond donors (Lipinski definition) is 0. The van der Waals surface area contributed by atoms with Gasteiger partial charge >= 0.3 is 0 Å². The van der Waals surface area contributed by atoms with Crippen LogP contribution in [0.2, 0.25) is 0 Å². The predicted octanol–water partition coefficient (Wildman–Crippen LogP) is 0.311. The first kappa shape index (κ1) is 12.9. The smallest absolute Gasteiger partial charge is 0.289 e. The molecule has 3 rings (SSSR count). The highest BCUT2D eigenvalue weighted by Crippen LogP contribution is 2.24. The normalized spacial score (nSPS) is 16.1. The van der Waals surface area contributed by atoms with Gasteiger partial charge in [0.1, 0.15) is 5.25 Å². The summed E-state index contributed by atoms with van der Waals surface area (Å²) in [5, 5.41) is -0.574. The molecule has 106 valence electrons. The van der Waals surface area contributed by atoms with Gasteiger partial charge in [-0.3, -0.25) is 4.79 Å². The van der Waals surface area contributed by atoms with Crippen LogP contribution in [-0.4, -0.2) is 47.1 Å². The highest BCUT2D eigenvalue weighted by molar-refractivity contribution is 7.92. The van der Waals surface area contributed by atoms with Crippen LogP contribution in [0.4, 0.5) is 0 Å². The standard InChI is InChI=1S/C12H13N3O4S/c1-14-5-4-13-12(14)20(17,18)9-7-15(8-9)11(16)10-3-2-6-19-10/h2-6,9H,7-8H2,1H3. The van der Waals surface area contributed by atoms with Crippen LogP contribution < -0.4 is 0 Å². The zero-order valence-corrected chi connectivity index (χ0v) is 11.6. The summed E-state index contributed by atoms with van der Waals surface area (Å²) in [4.78, 5) is 17.2. The molecule has 3 heterocycles. The van der Waals surface area contributed by atoms with Crippen LogP contribution >= 0.6 is 0 Å². The summed E-state index contributed by atoms with van der Waals surface area (Å²) in [5.41, 5.74) is 0. The van der Waals surface area contributed by atoms with E-state index in [0.29, 0.717) is 0 Å². The molecule has 0 bridgehead atoms. The summed E-state index contributed by atoms with van der Waals surface area (Å²) >= 11 is 0. The third kappa shape index (κ3) is 1.92. The average Bonchev–Trinajstić information content (AvgIpc) is 2.96. The highest BCUT2D eigenvalue weighted by Gasteiger charge is 2.42. The van der Waals surface area contributed by atoms with Gasteiger partial charge in [0.2, 0.25) is 15.0 Å². The molecule has 1 amide bonds. The van der Waals surface area contributed by atoms with Crippen molar-refractivity contribution in [2.45, 2.75) is 10.4 Å². The Morgan fingerprint density at radius 1 is 1.45 bits per heavy atom. The highest BCUT2D eigenvalue weighted by atomic mass is 32.2. The second kappa shape index (κ2) is 4.48. The summed E-state index contributed by atoms with van der Waals surface area (Å²) in [6, 6.07) is 3.18. The van der Waals surface area contributed by atoms with Crippen molar-refractivity contribution in [3.63, 3.8) is 0 Å². The van der Waals surface area contributed by atoms with Gasteiger partial charge in [-0.2, -0.15) is 0 Å². The van der Waals surface area contributed by atoms with Gasteiger partial charge in [-0.05, 0) is 12.1 Å². The van der Waals surface area contributed by atoms with E-state index in [4.69, 9.17) is 4.42 Å². The summed E-state index contributed by atoms with van der Waals surface area (Å²) in [5.74, 6) is -0.0703. The molecule has 2 aromatic heterocycles. The van der Waals surface area contributed by atoms with Crippen molar-refractivity contribution in [2.75, 3.05) is 13.1 Å². The van der Waals surface area contributed by atoms with Gasteiger partial charge in [0.05, 0.1) is 6.26 Å². The van der Waals surface area contributed by atoms with Crippen LogP contribution in [0.3, 0.4) is 0 Å². The Balaban J connectivity index is 1.72. The molecule has 2 aromatic rings. The SMILES string of the molecule is Cn1ccnc1S(=O)(=O)C1CN(C(=O)c2ccco2)C1. The fourth-order valence-corrected chi connectivity index (χ4v) is 3.85. The molecule has 0 atom stereocenters. The largest absolute Gasteiger partial charge is 0.459 e. The Hall–Kier alpha value is -2.09. The van der Waals surface area contributed by atoms with Gasteiger partial charge in [0, 0.05) is 32.5 Å². The summed E-state index contributed by atoms with van der Waals surface area (Å²) in [7, 11) is -1.87. The molecule has 0 unspecified atom stereocenters. The van der Waals surface area contributed by atoms with Gasteiger partial charge in [0.15, 0.2) is 5.76 Å². The van der Waals surface area contributed by atoms with Crippen molar-refractivity contribution in [1.29, 1.82) is 0 Å². The predicted molar refractivity (Wildman–Crippen MR) is 68.8 cm³/mol. The maximum absolute atomic E-state index is 12.3. The second-order valence-corrected chi connectivity index (χ2v) is 6.80. The number of rotatable bonds is 3. The minimum absolute atomic E-state index is 0.0348. The van der Waals surface area contributed by atoms with Crippen molar-refractivity contribution in [3.05, 3.63) is 36.5 Å². The number of sulfone groups is 1. The van der Waals surface area contributed by atoms with Crippen LogP contribution in [0.15, 0.2) is 40.4 Å². The van der Waals surface area contributed by atoms with Gasteiger partial charge in [0.25, 0.3) is 5.91 Å². The van der Waals surface area contributed by atoms with E-state index < -0.39 is 15.1 Å². The summed E-state index contributed by atoms with van der Waals surface area (Å²) in [6.07, 6.45) is 4.43. The first-order chi connectivity index (χ1) is 9.50. The number of nitrogens with zero attached hydrogens (tertiary/aromatic N) is 3. The van der Waals surface area contributed by atoms with Crippen LogP contribution in [0.25, 0.3) is 0 Å². The first-order valence-corrected chi connectivity index (χ1v) is 7.59. The Labute approximate surface area is 115 Å². The van der Waals surface area contributed by atoms with Crippen molar-refractivity contribution in [3.8, 4) is 0 Å². The minimum atomic E-state index is -3.50. The molecule has 0 saturated carbocycles. The number of amides is 1. The molecule has 0 aromatic carbocycles. The minimum Gasteiger partial charge on any atom is -0.459 e. The molecule has 0 N–H and O–H groups in total. The van der Waals surface area contributed by atoms with Crippen LogP contribution in [0.1, 0.15) is 10.6 Å². The van der Waals surface area contributed by atoms with Gasteiger partial charge in [-0.1, -0.05) is 0 Å². The number of carbonyl (C=O) groups excluding carboxylic acids is 1. The Bertz CT molecular complexity index is 727. The van der Waals surface area contributed by atoms with Crippen LogP contribution in [-0.2, 0) is 16.9 Å². The summed E-state index contributed by atoms with van der Waals surface area (Å²) < 4.78 is 31.1. The number of aromatic nitrogens is 2. The van der Waals surface area contributed by atoms with E-state index in [2.05, 4.69) is 4.98 Å². The number of furan rings is 1. The van der Waals surface area contributed by atoms with Crippen molar-refractivity contribution >= 4 is 15.7 Å². The number of hydrogen-bond acceptors (Lipinski definition) is 5. The third-order valence-corrected chi connectivity index (χ3v) is 5.42. The van der Waals surface area contributed by atoms with E-state index in [1.54, 1.807) is 25.4 Å². The van der Waals surface area contributed by atoms with Gasteiger partial charge < -0.3 is 13.9 Å². The topological polar surface area (TPSA) is 85.4 Å². The molecular formula is C12H13N3O4S. The van der Waals surface area contributed by atoms with E-state index in [9.17, 15) is 13.2 Å². The average molecular weight is 295 g/mol. The second-order valence-electron chi connectivity index (χ2n) is 4.68. The molecule has 0 radical (unpaired) electrons. The van der Waals surface area contributed by atoms with Gasteiger partial charge in [-0.15, -0.1) is 0 Å². The lowest BCUT2D eigenvalue weighted by atomic mass is 10.2. The lowest BCUT2D eigenvalue weighted by molar-refractivity contribution is 0.0625. The zero-order valence-electron chi connectivity index (χ0n) is 10.8. The molecule has 8 heteroatoms. The number of carbonyl (C=O) groups is 1. The molecule has 1 aliphatic heterocycles. The monoisotopic (exact) mass is 295 g/mol. The molecule has 1 fully saturated rings. The molecule has 20 heavy (non-hydrogen) atoms. The Kier molecular flexibility index (Phi) is 2.89. The molecular weight excluding hydrogens is 282 g/mol. The van der Waals surface area contributed by atoms with E-state index in [0.717, 1.165) is 0 Å². The number of aryl methyl sites for hydroxylation is 1. The van der Waals surface area contributed by atoms with E-state index in [-0.39, 0.29) is 29.9 Å². The quantitative estimate of drug-likeness (QED) is 0.813. The van der Waals surface area contributed by atoms with E-state index >= 15 is 0 Å². The van der Waals surface area contributed by atoms with Crippen LogP contribution in [0.5, 0.6) is 0 Å². The van der Waals surface area contributed by atoms with Crippen molar-refractivity contribution in [1.82, 2.24) is 14.5 Å². The molecule has 7 nitrogen and oxygen atoms in total. The summed E-state index contributed by atoms with van der Waals surface area (Å²) in [6.45, 7) is 0.323. The molecule has 1 aliphatic rings. The number of imidazole rings is 1. The van der Waals surface area contributed by atoms with Gasteiger partial charge in [-0.25, -0.2) is 13.4 Å². The lowest BCUT2D eigenvalue weighted by Gasteiger charge is -2.37. The van der Waals surface area contributed by atoms with Crippen molar-refractivity contribution < 1.29 is 17.6 Å². The van der Waals surface area contributed by atoms with Crippen LogP contribution in [0, 0.1) is 0 Å². The molecule has 1 saturated heterocycles. The lowest BCUT2D eigenvalue weighted by Crippen LogP contribution is -2.57. The van der Waals surface area contributed by atoms with Crippen molar-refractivity contribution in [2.24, 2.45) is 7.05 Å². The number of likely N-dealkylation sites (tertiary alicyclic amines) is 1. The maximum atomic E-state index is 12.3. The fraction of sp³-hybridized carbons (Fsp3) is 0.333. The van der Waals surface area contributed by atoms with E-state index in [1.165, 1.54) is 21.9 Å².